The molecule has 21 heavy (non-hydrogen) atoms. The van der Waals surface area contributed by atoms with Crippen molar-refractivity contribution < 1.29 is 35.1 Å². The van der Waals surface area contributed by atoms with Crippen LogP contribution >= 0.6 is 0 Å². The fourth-order valence-corrected chi connectivity index (χ4v) is 3.10. The highest BCUT2D eigenvalue weighted by molar-refractivity contribution is 7.86. The molecular formula is C10H19NO8S2. The van der Waals surface area contributed by atoms with Crippen molar-refractivity contribution in [3.63, 3.8) is 0 Å². The molecule has 0 unspecified atom stereocenters. The molecule has 0 bridgehead atoms. The maximum absolute atomic E-state index is 11.2. The number of carboxylic acid groups (broad SMARTS) is 1. The Balaban J connectivity index is 2.86. The molecule has 1 heterocycles. The quantitative estimate of drug-likeness (QED) is 0.623. The first kappa shape index (κ1) is 18.1. The van der Waals surface area contributed by atoms with Crippen LogP contribution in [0.25, 0.3) is 0 Å². The summed E-state index contributed by atoms with van der Waals surface area (Å²) in [5, 5.41) is 9.14. The van der Waals surface area contributed by atoms with Crippen LogP contribution in [-0.4, -0.2) is 70.7 Å². The lowest BCUT2D eigenvalue weighted by Crippen LogP contribution is -2.70. The molecule has 1 saturated heterocycles. The number of nitrogens with zero attached hydrogens (tertiary/aromatic N) is 1. The van der Waals surface area contributed by atoms with E-state index in [9.17, 15) is 21.6 Å². The second kappa shape index (κ2) is 6.07. The molecule has 0 aromatic heterocycles. The minimum absolute atomic E-state index is 0.0169. The molecule has 0 spiro atoms. The molecule has 1 aliphatic heterocycles. The van der Waals surface area contributed by atoms with E-state index in [1.165, 1.54) is 0 Å². The first-order valence-corrected chi connectivity index (χ1v) is 9.70. The van der Waals surface area contributed by atoms with Crippen molar-refractivity contribution in [1.29, 1.82) is 0 Å². The second-order valence-electron chi connectivity index (χ2n) is 5.14. The van der Waals surface area contributed by atoms with E-state index in [1.807, 2.05) is 0 Å². The minimum atomic E-state index is -3.74. The van der Waals surface area contributed by atoms with Crippen LogP contribution in [0, 0.1) is 5.92 Å². The summed E-state index contributed by atoms with van der Waals surface area (Å²) in [5.41, 5.74) is -1.11. The average Bonchev–Trinajstić information content (AvgIpc) is 2.27. The van der Waals surface area contributed by atoms with E-state index in [1.54, 1.807) is 6.92 Å². The zero-order chi connectivity index (χ0) is 16.5. The molecule has 2 atom stereocenters. The highest BCUT2D eigenvalue weighted by Gasteiger charge is 2.54. The van der Waals surface area contributed by atoms with E-state index >= 15 is 0 Å². The molecule has 0 saturated carbocycles. The van der Waals surface area contributed by atoms with Gasteiger partial charge in [-0.25, -0.2) is 4.79 Å². The Labute approximate surface area is 124 Å². The van der Waals surface area contributed by atoms with Crippen LogP contribution in [0.1, 0.15) is 13.3 Å². The van der Waals surface area contributed by atoms with Crippen molar-refractivity contribution in [2.24, 2.45) is 5.92 Å². The predicted molar refractivity (Wildman–Crippen MR) is 72.8 cm³/mol. The standard InChI is InChI=1S/C10H19NO8S2/c1-8-6-11(9(12)13)10(8,7-19-21(3,16)17)4-5-18-20(2,14)15/h8H,4-7H2,1-3H3,(H,12,13)/t8-,10-/m0/s1. The lowest BCUT2D eigenvalue weighted by atomic mass is 9.73. The molecule has 1 fully saturated rings. The van der Waals surface area contributed by atoms with Crippen LogP contribution in [-0.2, 0) is 28.6 Å². The molecule has 0 aromatic rings. The van der Waals surface area contributed by atoms with Gasteiger partial charge in [0.1, 0.15) is 0 Å². The van der Waals surface area contributed by atoms with Gasteiger partial charge in [-0.2, -0.15) is 16.8 Å². The molecule has 1 rings (SSSR count). The Kier molecular flexibility index (Phi) is 5.24. The Morgan fingerprint density at radius 3 is 2.14 bits per heavy atom. The van der Waals surface area contributed by atoms with Crippen molar-refractivity contribution in [3.8, 4) is 0 Å². The zero-order valence-corrected chi connectivity index (χ0v) is 13.6. The first-order chi connectivity index (χ1) is 9.37. The summed E-state index contributed by atoms with van der Waals surface area (Å²) in [6.07, 6.45) is 0.543. The molecule has 11 heteroatoms. The van der Waals surface area contributed by atoms with Gasteiger partial charge in [-0.15, -0.1) is 0 Å². The smallest absolute Gasteiger partial charge is 0.407 e. The van der Waals surface area contributed by atoms with Crippen LogP contribution < -0.4 is 0 Å². The van der Waals surface area contributed by atoms with Gasteiger partial charge in [-0.1, -0.05) is 6.92 Å². The van der Waals surface area contributed by atoms with E-state index in [0.29, 0.717) is 0 Å². The van der Waals surface area contributed by atoms with Crippen molar-refractivity contribution in [2.75, 3.05) is 32.3 Å². The fraction of sp³-hybridized carbons (Fsp3) is 0.900. The van der Waals surface area contributed by atoms with E-state index in [0.717, 1.165) is 17.4 Å². The van der Waals surface area contributed by atoms with Gasteiger partial charge in [-0.3, -0.25) is 13.3 Å². The van der Waals surface area contributed by atoms with E-state index in [4.69, 9.17) is 9.29 Å². The number of carbonyl (C=O) groups is 1. The molecule has 1 N–H and O–H groups in total. The molecule has 1 amide bonds. The average molecular weight is 345 g/mol. The topological polar surface area (TPSA) is 127 Å². The number of hydrogen-bond acceptors (Lipinski definition) is 7. The number of likely N-dealkylation sites (tertiary alicyclic amines) is 1. The molecule has 0 aromatic carbocycles. The van der Waals surface area contributed by atoms with E-state index in [-0.39, 0.29) is 32.1 Å². The van der Waals surface area contributed by atoms with Gasteiger partial charge in [0.2, 0.25) is 0 Å². The monoisotopic (exact) mass is 345 g/mol. The van der Waals surface area contributed by atoms with Crippen molar-refractivity contribution >= 4 is 26.3 Å². The fourth-order valence-electron chi connectivity index (χ4n) is 2.30. The van der Waals surface area contributed by atoms with Crippen molar-refractivity contribution in [2.45, 2.75) is 18.9 Å². The summed E-state index contributed by atoms with van der Waals surface area (Å²) in [6, 6.07) is 0. The largest absolute Gasteiger partial charge is 0.465 e. The molecular weight excluding hydrogens is 326 g/mol. The van der Waals surface area contributed by atoms with Gasteiger partial charge >= 0.3 is 6.09 Å². The van der Waals surface area contributed by atoms with Gasteiger partial charge in [0.25, 0.3) is 20.2 Å². The van der Waals surface area contributed by atoms with Crippen LogP contribution in [0.15, 0.2) is 0 Å². The minimum Gasteiger partial charge on any atom is -0.465 e. The van der Waals surface area contributed by atoms with E-state index in [2.05, 4.69) is 4.18 Å². The molecule has 124 valence electrons. The van der Waals surface area contributed by atoms with Gasteiger partial charge in [-0.05, 0) is 12.3 Å². The number of hydrogen-bond donors (Lipinski definition) is 1. The molecule has 9 nitrogen and oxygen atoms in total. The lowest BCUT2D eigenvalue weighted by molar-refractivity contribution is -0.0867. The first-order valence-electron chi connectivity index (χ1n) is 6.07. The third kappa shape index (κ3) is 4.80. The molecule has 0 aliphatic carbocycles. The van der Waals surface area contributed by atoms with E-state index < -0.39 is 31.9 Å². The highest BCUT2D eigenvalue weighted by atomic mass is 32.2. The summed E-state index contributed by atoms with van der Waals surface area (Å²) in [5.74, 6) is -0.182. The van der Waals surface area contributed by atoms with Gasteiger partial charge in [0, 0.05) is 6.54 Å². The third-order valence-electron chi connectivity index (χ3n) is 3.50. The van der Waals surface area contributed by atoms with Crippen molar-refractivity contribution in [3.05, 3.63) is 0 Å². The van der Waals surface area contributed by atoms with Gasteiger partial charge in [0.05, 0.1) is 31.3 Å². The SMILES string of the molecule is C[C@H]1CN(C(=O)O)[C@@]1(CCOS(C)(=O)=O)COS(C)(=O)=O. The normalized spacial score (nSPS) is 26.4. The molecule has 1 aliphatic rings. The number of rotatable bonds is 7. The highest BCUT2D eigenvalue weighted by Crippen LogP contribution is 2.40. The number of amides is 1. The zero-order valence-electron chi connectivity index (χ0n) is 12.0. The Morgan fingerprint density at radius 2 is 1.76 bits per heavy atom. The summed E-state index contributed by atoms with van der Waals surface area (Å²) < 4.78 is 53.5. The Morgan fingerprint density at radius 1 is 1.24 bits per heavy atom. The Bertz CT molecular complexity index is 599. The van der Waals surface area contributed by atoms with Gasteiger partial charge in [0.15, 0.2) is 0 Å². The second-order valence-corrected chi connectivity index (χ2v) is 8.43. The van der Waals surface area contributed by atoms with Gasteiger partial charge < -0.3 is 5.11 Å². The Hall–Kier alpha value is -0.910. The summed E-state index contributed by atoms with van der Waals surface area (Å²) in [7, 11) is -7.39. The van der Waals surface area contributed by atoms with Crippen LogP contribution in [0.2, 0.25) is 0 Å². The summed E-state index contributed by atoms with van der Waals surface area (Å²) in [6.45, 7) is 1.35. The van der Waals surface area contributed by atoms with Crippen LogP contribution in [0.5, 0.6) is 0 Å². The van der Waals surface area contributed by atoms with Crippen molar-refractivity contribution in [1.82, 2.24) is 4.90 Å². The maximum Gasteiger partial charge on any atom is 0.407 e. The van der Waals surface area contributed by atoms with Crippen LogP contribution in [0.4, 0.5) is 4.79 Å². The molecule has 0 radical (unpaired) electrons. The maximum atomic E-state index is 11.2. The lowest BCUT2D eigenvalue weighted by Gasteiger charge is -2.55. The summed E-state index contributed by atoms with van der Waals surface area (Å²) >= 11 is 0. The summed E-state index contributed by atoms with van der Waals surface area (Å²) in [4.78, 5) is 12.2. The predicted octanol–water partition coefficient (Wildman–Crippen LogP) is -0.303. The third-order valence-corrected chi connectivity index (χ3v) is 4.64. The van der Waals surface area contributed by atoms with Crippen LogP contribution in [0.3, 0.4) is 0 Å².